The van der Waals surface area contributed by atoms with Crippen LogP contribution in [0, 0.1) is 20.8 Å². The van der Waals surface area contributed by atoms with Crippen LogP contribution in [-0.4, -0.2) is 36.3 Å². The average molecular weight is 380 g/mol. The number of methoxy groups -OCH3 is 1. The van der Waals surface area contributed by atoms with Crippen LogP contribution < -0.4 is 10.1 Å². The molecule has 2 aromatic carbocycles. The van der Waals surface area contributed by atoms with E-state index in [1.165, 1.54) is 0 Å². The van der Waals surface area contributed by atoms with Crippen LogP contribution in [-0.2, 0) is 10.3 Å². The highest BCUT2D eigenvalue weighted by molar-refractivity contribution is 6.11. The molecule has 0 aromatic heterocycles. The first kappa shape index (κ1) is 19.6. The monoisotopic (exact) mass is 380 g/mol. The maximum Gasteiger partial charge on any atom is 0.325 e. The lowest BCUT2D eigenvalue weighted by Gasteiger charge is -2.23. The largest absolute Gasteiger partial charge is 0.496 e. The minimum absolute atomic E-state index is 0.276. The fraction of sp³-hybridized carbons (Fsp3) is 0.318. The minimum Gasteiger partial charge on any atom is -0.496 e. The number of hydrogen-bond donors (Lipinski definition) is 1. The minimum atomic E-state index is -1.22. The predicted molar refractivity (Wildman–Crippen MR) is 106 cm³/mol. The SMILES string of the molecule is COc1ccc(C2(C)NC(=O)N(CC(=O)c3ccc(C)c(C)c3)C2=O)cc1C. The number of hydrogen-bond acceptors (Lipinski definition) is 4. The Hall–Kier alpha value is -3.15. The van der Waals surface area contributed by atoms with Gasteiger partial charge in [-0.15, -0.1) is 0 Å². The lowest BCUT2D eigenvalue weighted by molar-refractivity contribution is -0.130. The smallest absolute Gasteiger partial charge is 0.325 e. The number of imide groups is 1. The van der Waals surface area contributed by atoms with Crippen LogP contribution in [0.3, 0.4) is 0 Å². The molecule has 3 rings (SSSR count). The summed E-state index contributed by atoms with van der Waals surface area (Å²) < 4.78 is 5.26. The summed E-state index contributed by atoms with van der Waals surface area (Å²) in [5.41, 5.74) is 2.82. The average Bonchev–Trinajstić information content (AvgIpc) is 2.88. The molecule has 0 radical (unpaired) electrons. The Kier molecular flexibility index (Phi) is 4.98. The van der Waals surface area contributed by atoms with Crippen molar-refractivity contribution in [3.05, 3.63) is 64.2 Å². The topological polar surface area (TPSA) is 75.7 Å². The molecule has 1 N–H and O–H groups in total. The highest BCUT2D eigenvalue weighted by Gasteiger charge is 2.49. The molecule has 0 saturated carbocycles. The van der Waals surface area contributed by atoms with Crippen LogP contribution in [0.4, 0.5) is 4.79 Å². The summed E-state index contributed by atoms with van der Waals surface area (Å²) in [6.07, 6.45) is 0. The van der Waals surface area contributed by atoms with E-state index in [0.717, 1.165) is 21.6 Å². The van der Waals surface area contributed by atoms with Crippen molar-refractivity contribution >= 4 is 17.7 Å². The van der Waals surface area contributed by atoms with E-state index in [1.807, 2.05) is 32.9 Å². The third-order valence-corrected chi connectivity index (χ3v) is 5.38. The third-order valence-electron chi connectivity index (χ3n) is 5.38. The van der Waals surface area contributed by atoms with Crippen molar-refractivity contribution in [2.24, 2.45) is 0 Å². The quantitative estimate of drug-likeness (QED) is 0.638. The maximum absolute atomic E-state index is 13.1. The van der Waals surface area contributed by atoms with Gasteiger partial charge in [-0.25, -0.2) is 4.79 Å². The van der Waals surface area contributed by atoms with E-state index >= 15 is 0 Å². The molecule has 0 spiro atoms. The molecule has 6 nitrogen and oxygen atoms in total. The Labute approximate surface area is 164 Å². The lowest BCUT2D eigenvalue weighted by Crippen LogP contribution is -2.41. The number of nitrogens with one attached hydrogen (secondary N) is 1. The van der Waals surface area contributed by atoms with E-state index in [1.54, 1.807) is 38.3 Å². The van der Waals surface area contributed by atoms with Gasteiger partial charge < -0.3 is 10.1 Å². The van der Waals surface area contributed by atoms with Crippen LogP contribution in [0.5, 0.6) is 5.75 Å². The molecule has 1 unspecified atom stereocenters. The maximum atomic E-state index is 13.1. The lowest BCUT2D eigenvalue weighted by atomic mass is 9.90. The van der Waals surface area contributed by atoms with Crippen molar-refractivity contribution < 1.29 is 19.1 Å². The number of carbonyl (C=O) groups excluding carboxylic acids is 3. The van der Waals surface area contributed by atoms with E-state index in [4.69, 9.17) is 4.74 Å². The molecule has 3 amide bonds. The van der Waals surface area contributed by atoms with Gasteiger partial charge in [-0.1, -0.05) is 18.2 Å². The first-order valence-electron chi connectivity index (χ1n) is 9.07. The van der Waals surface area contributed by atoms with E-state index in [2.05, 4.69) is 5.32 Å². The molecule has 1 heterocycles. The molecule has 1 atom stereocenters. The molecule has 28 heavy (non-hydrogen) atoms. The van der Waals surface area contributed by atoms with Gasteiger partial charge in [0.15, 0.2) is 5.78 Å². The van der Waals surface area contributed by atoms with Gasteiger partial charge in [-0.2, -0.15) is 0 Å². The highest BCUT2D eigenvalue weighted by Crippen LogP contribution is 2.31. The molecule has 1 fully saturated rings. The zero-order valence-corrected chi connectivity index (χ0v) is 16.8. The Morgan fingerprint density at radius 3 is 2.36 bits per heavy atom. The first-order valence-corrected chi connectivity index (χ1v) is 9.07. The number of aryl methyl sites for hydroxylation is 3. The number of ketones is 1. The van der Waals surface area contributed by atoms with E-state index < -0.39 is 17.5 Å². The third kappa shape index (κ3) is 3.26. The number of rotatable bonds is 5. The highest BCUT2D eigenvalue weighted by atomic mass is 16.5. The van der Waals surface area contributed by atoms with Crippen molar-refractivity contribution in [2.45, 2.75) is 33.2 Å². The van der Waals surface area contributed by atoms with Gasteiger partial charge in [-0.3, -0.25) is 14.5 Å². The standard InChI is InChI=1S/C22H24N2O4/c1-13-6-7-16(10-14(13)2)18(25)12-24-20(26)22(4,23-21(24)27)17-8-9-19(28-5)15(3)11-17/h6-11H,12H2,1-5H3,(H,23,27). The fourth-order valence-electron chi connectivity index (χ4n) is 3.38. The Morgan fingerprint density at radius 1 is 1.04 bits per heavy atom. The number of ether oxygens (including phenoxy) is 1. The fourth-order valence-corrected chi connectivity index (χ4v) is 3.38. The summed E-state index contributed by atoms with van der Waals surface area (Å²) in [5.74, 6) is -0.0214. The molecule has 6 heteroatoms. The Morgan fingerprint density at radius 2 is 1.75 bits per heavy atom. The second-order valence-electron chi connectivity index (χ2n) is 7.35. The summed E-state index contributed by atoms with van der Waals surface area (Å²) in [6, 6.07) is 10.1. The number of urea groups is 1. The van der Waals surface area contributed by atoms with Crippen molar-refractivity contribution in [1.29, 1.82) is 0 Å². The zero-order valence-electron chi connectivity index (χ0n) is 16.8. The van der Waals surface area contributed by atoms with Crippen molar-refractivity contribution in [1.82, 2.24) is 10.2 Å². The van der Waals surface area contributed by atoms with Crippen molar-refractivity contribution in [3.8, 4) is 5.75 Å². The molecule has 2 aromatic rings. The zero-order chi connectivity index (χ0) is 20.6. The first-order chi connectivity index (χ1) is 13.2. The Bertz CT molecular complexity index is 982. The van der Waals surface area contributed by atoms with Crippen molar-refractivity contribution in [3.63, 3.8) is 0 Å². The summed E-state index contributed by atoms with van der Waals surface area (Å²) in [4.78, 5) is 39.2. The second-order valence-corrected chi connectivity index (χ2v) is 7.35. The van der Waals surface area contributed by atoms with Crippen LogP contribution in [0.25, 0.3) is 0 Å². The molecule has 146 valence electrons. The van der Waals surface area contributed by atoms with Gasteiger partial charge in [0.1, 0.15) is 11.3 Å². The normalized spacial score (nSPS) is 19.0. The molecule has 0 aliphatic carbocycles. The molecular formula is C22H24N2O4. The van der Waals surface area contributed by atoms with Gasteiger partial charge >= 0.3 is 6.03 Å². The Balaban J connectivity index is 1.85. The van der Waals surface area contributed by atoms with E-state index in [0.29, 0.717) is 16.9 Å². The summed E-state index contributed by atoms with van der Waals surface area (Å²) in [5, 5.41) is 2.73. The second kappa shape index (κ2) is 7.11. The van der Waals surface area contributed by atoms with E-state index in [9.17, 15) is 14.4 Å². The number of carbonyl (C=O) groups is 3. The van der Waals surface area contributed by atoms with Gasteiger partial charge in [0, 0.05) is 5.56 Å². The summed E-state index contributed by atoms with van der Waals surface area (Å²) in [7, 11) is 1.58. The number of amides is 3. The molecular weight excluding hydrogens is 356 g/mol. The predicted octanol–water partition coefficient (Wildman–Crippen LogP) is 3.27. The molecule has 1 aliphatic rings. The molecule has 0 bridgehead atoms. The van der Waals surface area contributed by atoms with Gasteiger partial charge in [0.25, 0.3) is 5.91 Å². The number of nitrogens with zero attached hydrogens (tertiary/aromatic N) is 1. The van der Waals surface area contributed by atoms with Gasteiger partial charge in [-0.05, 0) is 68.1 Å². The van der Waals surface area contributed by atoms with Crippen LogP contribution in [0.2, 0.25) is 0 Å². The molecule has 1 saturated heterocycles. The van der Waals surface area contributed by atoms with Crippen LogP contribution >= 0.6 is 0 Å². The van der Waals surface area contributed by atoms with Gasteiger partial charge in [0.2, 0.25) is 0 Å². The summed E-state index contributed by atoms with van der Waals surface area (Å²) >= 11 is 0. The number of benzene rings is 2. The van der Waals surface area contributed by atoms with Crippen molar-refractivity contribution in [2.75, 3.05) is 13.7 Å². The van der Waals surface area contributed by atoms with Crippen LogP contribution in [0.1, 0.15) is 39.5 Å². The van der Waals surface area contributed by atoms with Crippen LogP contribution in [0.15, 0.2) is 36.4 Å². The number of Topliss-reactive ketones (excluding diaryl/α,β-unsaturated/α-hetero) is 1. The molecule has 1 aliphatic heterocycles. The van der Waals surface area contributed by atoms with E-state index in [-0.39, 0.29) is 12.3 Å². The summed E-state index contributed by atoms with van der Waals surface area (Å²) in [6.45, 7) is 7.10. The van der Waals surface area contributed by atoms with Gasteiger partial charge in [0.05, 0.1) is 13.7 Å².